The molecule has 0 radical (unpaired) electrons. The van der Waals surface area contributed by atoms with Crippen LogP contribution in [0, 0.1) is 0 Å². The molecule has 3 aromatic heterocycles. The van der Waals surface area contributed by atoms with E-state index in [1.807, 2.05) is 53.5 Å². The molecule has 0 N–H and O–H groups in total. The van der Waals surface area contributed by atoms with Crippen LogP contribution in [0.2, 0.25) is 0 Å². The molecule has 0 unspecified atom stereocenters. The van der Waals surface area contributed by atoms with Crippen LogP contribution in [0.25, 0.3) is 21.9 Å². The van der Waals surface area contributed by atoms with Gasteiger partial charge < -0.3 is 0 Å². The average Bonchev–Trinajstić information content (AvgIpc) is 3.31. The van der Waals surface area contributed by atoms with Gasteiger partial charge in [-0.2, -0.15) is 5.10 Å². The number of para-hydroxylation sites is 1. The summed E-state index contributed by atoms with van der Waals surface area (Å²) in [5.41, 5.74) is 3.04. The third kappa shape index (κ3) is 3.03. The summed E-state index contributed by atoms with van der Waals surface area (Å²) in [5.74, 6) is 0.869. The average molecular weight is 386 g/mol. The minimum absolute atomic E-state index is 0.523. The van der Waals surface area contributed by atoms with E-state index in [-0.39, 0.29) is 0 Å². The normalized spacial score (nSPS) is 11.5. The summed E-state index contributed by atoms with van der Waals surface area (Å²) in [6, 6.07) is 20.6. The van der Waals surface area contributed by atoms with Gasteiger partial charge in [0.25, 0.3) is 0 Å². The van der Waals surface area contributed by atoms with E-state index in [9.17, 15) is 0 Å². The lowest BCUT2D eigenvalue weighted by molar-refractivity contribution is 0.605. The predicted octanol–water partition coefficient (Wildman–Crippen LogP) is 3.99. The number of pyridine rings is 1. The second-order valence-electron chi connectivity index (χ2n) is 6.57. The maximum absolute atomic E-state index is 4.81. The first-order valence-electron chi connectivity index (χ1n) is 9.03. The molecule has 5 aromatic rings. The maximum atomic E-state index is 4.81. The minimum atomic E-state index is 0.523. The molecule has 0 spiro atoms. The summed E-state index contributed by atoms with van der Waals surface area (Å²) in [4.78, 5) is 4.81. The lowest BCUT2D eigenvalue weighted by atomic mass is 10.2. The third-order valence-corrected chi connectivity index (χ3v) is 5.43. The molecule has 0 aliphatic rings. The second kappa shape index (κ2) is 7.09. The molecular formula is C21H18N6S. The Morgan fingerprint density at radius 1 is 0.893 bits per heavy atom. The molecule has 0 saturated heterocycles. The highest BCUT2D eigenvalue weighted by Gasteiger charge is 2.15. The van der Waals surface area contributed by atoms with Crippen molar-refractivity contribution in [2.45, 2.75) is 18.2 Å². The maximum Gasteiger partial charge on any atom is 0.191 e. The van der Waals surface area contributed by atoms with Crippen molar-refractivity contribution in [1.82, 2.24) is 29.5 Å². The Morgan fingerprint density at radius 3 is 2.57 bits per heavy atom. The number of hydrogen-bond donors (Lipinski definition) is 0. The van der Waals surface area contributed by atoms with Crippen molar-refractivity contribution in [2.24, 2.45) is 0 Å². The molecular weight excluding hydrogens is 368 g/mol. The Morgan fingerprint density at radius 2 is 1.71 bits per heavy atom. The quantitative estimate of drug-likeness (QED) is 0.427. The van der Waals surface area contributed by atoms with Gasteiger partial charge in [0, 0.05) is 10.8 Å². The SMILES string of the molecule is CSc1nnc(Cn2ncc3cc4ccccc4nc32)n1Cc1ccccc1. The topological polar surface area (TPSA) is 61.4 Å². The summed E-state index contributed by atoms with van der Waals surface area (Å²) in [6.07, 6.45) is 3.88. The van der Waals surface area contributed by atoms with Gasteiger partial charge in [-0.05, 0) is 24.0 Å². The largest absolute Gasteiger partial charge is 0.300 e. The van der Waals surface area contributed by atoms with Crippen LogP contribution in [0.1, 0.15) is 11.4 Å². The van der Waals surface area contributed by atoms with Gasteiger partial charge in [0.05, 0.1) is 18.3 Å². The van der Waals surface area contributed by atoms with Crippen LogP contribution >= 0.6 is 11.8 Å². The zero-order valence-electron chi connectivity index (χ0n) is 15.4. The minimum Gasteiger partial charge on any atom is -0.300 e. The summed E-state index contributed by atoms with van der Waals surface area (Å²) in [6.45, 7) is 1.25. The smallest absolute Gasteiger partial charge is 0.191 e. The molecule has 0 aliphatic carbocycles. The van der Waals surface area contributed by atoms with Gasteiger partial charge in [0.2, 0.25) is 0 Å². The monoisotopic (exact) mass is 386 g/mol. The van der Waals surface area contributed by atoms with Crippen molar-refractivity contribution < 1.29 is 0 Å². The molecule has 138 valence electrons. The molecule has 0 saturated carbocycles. The van der Waals surface area contributed by atoms with E-state index in [0.717, 1.165) is 39.5 Å². The first kappa shape index (κ1) is 16.9. The molecule has 2 aromatic carbocycles. The first-order valence-corrected chi connectivity index (χ1v) is 10.3. The van der Waals surface area contributed by atoms with Gasteiger partial charge in [0.1, 0.15) is 6.54 Å². The van der Waals surface area contributed by atoms with E-state index in [0.29, 0.717) is 6.54 Å². The highest BCUT2D eigenvalue weighted by Crippen LogP contribution is 2.21. The van der Waals surface area contributed by atoms with Crippen molar-refractivity contribution in [3.63, 3.8) is 0 Å². The summed E-state index contributed by atoms with van der Waals surface area (Å²) < 4.78 is 4.05. The lowest BCUT2D eigenvalue weighted by Gasteiger charge is -2.10. The molecule has 0 fully saturated rings. The number of rotatable bonds is 5. The predicted molar refractivity (Wildman–Crippen MR) is 111 cm³/mol. The number of fused-ring (bicyclic) bond motifs is 2. The number of hydrogen-bond acceptors (Lipinski definition) is 5. The van der Waals surface area contributed by atoms with Gasteiger partial charge in [-0.1, -0.05) is 60.3 Å². The van der Waals surface area contributed by atoms with Gasteiger partial charge in [-0.3, -0.25) is 4.57 Å². The molecule has 0 atom stereocenters. The van der Waals surface area contributed by atoms with Crippen LogP contribution in [0.5, 0.6) is 0 Å². The lowest BCUT2D eigenvalue weighted by Crippen LogP contribution is -2.12. The second-order valence-corrected chi connectivity index (χ2v) is 7.34. The van der Waals surface area contributed by atoms with E-state index < -0.39 is 0 Å². The van der Waals surface area contributed by atoms with Crippen molar-refractivity contribution in [3.05, 3.63) is 78.2 Å². The zero-order valence-corrected chi connectivity index (χ0v) is 16.2. The summed E-state index contributed by atoms with van der Waals surface area (Å²) in [7, 11) is 0. The zero-order chi connectivity index (χ0) is 18.9. The number of benzene rings is 2. The fourth-order valence-corrected chi connectivity index (χ4v) is 3.88. The molecule has 28 heavy (non-hydrogen) atoms. The fraction of sp³-hybridized carbons (Fsp3) is 0.143. The molecule has 3 heterocycles. The van der Waals surface area contributed by atoms with Gasteiger partial charge >= 0.3 is 0 Å². The van der Waals surface area contributed by atoms with E-state index >= 15 is 0 Å². The van der Waals surface area contributed by atoms with Crippen molar-refractivity contribution in [1.29, 1.82) is 0 Å². The standard InChI is InChI=1S/C21H18N6S/c1-28-21-25-24-19(26(21)13-15-7-3-2-4-8-15)14-27-20-17(12-22-27)11-16-9-5-6-10-18(16)23-20/h2-12H,13-14H2,1H3. The van der Waals surface area contributed by atoms with Crippen molar-refractivity contribution >= 4 is 33.7 Å². The molecule has 0 aliphatic heterocycles. The van der Waals surface area contributed by atoms with Crippen LogP contribution < -0.4 is 0 Å². The van der Waals surface area contributed by atoms with Crippen LogP contribution in [0.3, 0.4) is 0 Å². The van der Waals surface area contributed by atoms with Crippen LogP contribution in [0.15, 0.2) is 72.0 Å². The van der Waals surface area contributed by atoms with Gasteiger partial charge in [0.15, 0.2) is 16.6 Å². The Balaban J connectivity index is 1.54. The van der Waals surface area contributed by atoms with Crippen LogP contribution in [0.4, 0.5) is 0 Å². The van der Waals surface area contributed by atoms with E-state index in [2.05, 4.69) is 44.1 Å². The van der Waals surface area contributed by atoms with Crippen LogP contribution in [-0.2, 0) is 13.1 Å². The Kier molecular flexibility index (Phi) is 4.29. The van der Waals surface area contributed by atoms with E-state index in [4.69, 9.17) is 4.98 Å². The van der Waals surface area contributed by atoms with Crippen LogP contribution in [-0.4, -0.2) is 35.8 Å². The van der Waals surface area contributed by atoms with Crippen molar-refractivity contribution in [3.8, 4) is 0 Å². The first-order chi connectivity index (χ1) is 13.8. The number of aromatic nitrogens is 6. The molecule has 7 heteroatoms. The highest BCUT2D eigenvalue weighted by molar-refractivity contribution is 7.98. The Bertz CT molecular complexity index is 1260. The Labute approximate surface area is 166 Å². The number of nitrogens with zero attached hydrogens (tertiary/aromatic N) is 6. The summed E-state index contributed by atoms with van der Waals surface area (Å²) in [5, 5.41) is 16.4. The molecule has 0 amide bonds. The van der Waals surface area contributed by atoms with E-state index in [1.54, 1.807) is 11.8 Å². The Hall–Kier alpha value is -3.19. The molecule has 5 rings (SSSR count). The molecule has 6 nitrogen and oxygen atoms in total. The molecule has 0 bridgehead atoms. The summed E-state index contributed by atoms with van der Waals surface area (Å²) >= 11 is 1.60. The third-order valence-electron chi connectivity index (χ3n) is 4.76. The fourth-order valence-electron chi connectivity index (χ4n) is 3.37. The number of thioether (sulfide) groups is 1. The van der Waals surface area contributed by atoms with Gasteiger partial charge in [-0.15, -0.1) is 10.2 Å². The van der Waals surface area contributed by atoms with Gasteiger partial charge in [-0.25, -0.2) is 9.67 Å². The van der Waals surface area contributed by atoms with Crippen molar-refractivity contribution in [2.75, 3.05) is 6.26 Å². The van der Waals surface area contributed by atoms with E-state index in [1.165, 1.54) is 5.56 Å². The highest BCUT2D eigenvalue weighted by atomic mass is 32.2.